The average Bonchev–Trinajstić information content (AvgIpc) is 3.43. The lowest BCUT2D eigenvalue weighted by atomic mass is 9.77. The average molecular weight is 746 g/mol. The number of dihydropyridines is 1. The largest absolute Gasteiger partial charge is 0.496 e. The van der Waals surface area contributed by atoms with E-state index in [9.17, 15) is 9.59 Å². The second-order valence-electron chi connectivity index (χ2n) is 15.0. The maximum absolute atomic E-state index is 14.4. The lowest BCUT2D eigenvalue weighted by Crippen LogP contribution is -2.36. The number of H-pyrrole nitrogens is 1. The van der Waals surface area contributed by atoms with E-state index >= 15 is 0 Å². The first-order valence-electron chi connectivity index (χ1n) is 20.0. The number of ether oxygens (including phenoxy) is 3. The number of aromatic amines is 1. The van der Waals surface area contributed by atoms with Crippen molar-refractivity contribution >= 4 is 35.2 Å². The van der Waals surface area contributed by atoms with E-state index in [2.05, 4.69) is 23.3 Å². The fourth-order valence-electron chi connectivity index (χ4n) is 7.44. The minimum Gasteiger partial charge on any atom is -0.496 e. The monoisotopic (exact) mass is 745 g/mol. The molecule has 0 aliphatic carbocycles. The van der Waals surface area contributed by atoms with Crippen LogP contribution in [0.2, 0.25) is 0 Å². The zero-order valence-electron chi connectivity index (χ0n) is 33.3. The molecule has 0 radical (unpaired) electrons. The summed E-state index contributed by atoms with van der Waals surface area (Å²) in [6.45, 7) is 11.7. The van der Waals surface area contributed by atoms with Crippen LogP contribution in [0.4, 0.5) is 0 Å². The molecule has 0 spiro atoms. The summed E-state index contributed by atoms with van der Waals surface area (Å²) in [5.41, 5.74) is 5.59. The lowest BCUT2D eigenvalue weighted by Gasteiger charge is -2.34. The smallest absolute Gasteiger partial charge is 0.337 e. The van der Waals surface area contributed by atoms with Crippen LogP contribution < -0.4 is 10.1 Å². The topological polar surface area (TPSA) is 94.6 Å². The van der Waals surface area contributed by atoms with Gasteiger partial charge in [0.05, 0.1) is 54.0 Å². The molecule has 4 rings (SSSR count). The van der Waals surface area contributed by atoms with Crippen LogP contribution in [-0.2, 0) is 32.0 Å². The molecule has 0 bridgehead atoms. The summed E-state index contributed by atoms with van der Waals surface area (Å²) in [5, 5.41) is 3.44. The van der Waals surface area contributed by atoms with Crippen molar-refractivity contribution in [2.24, 2.45) is 0 Å². The van der Waals surface area contributed by atoms with E-state index in [-0.39, 0.29) is 18.8 Å². The molecular weight excluding hydrogens is 683 g/mol. The van der Waals surface area contributed by atoms with Crippen molar-refractivity contribution < 1.29 is 23.8 Å². The van der Waals surface area contributed by atoms with Gasteiger partial charge in [-0.2, -0.15) is 0 Å². The van der Waals surface area contributed by atoms with Gasteiger partial charge in [0.1, 0.15) is 5.75 Å². The Morgan fingerprint density at radius 3 is 1.92 bits per heavy atom. The van der Waals surface area contributed by atoms with Gasteiger partial charge in [-0.15, -0.1) is 0 Å². The van der Waals surface area contributed by atoms with Gasteiger partial charge in [-0.1, -0.05) is 108 Å². The van der Waals surface area contributed by atoms with E-state index in [4.69, 9.17) is 26.4 Å². The molecule has 290 valence electrons. The minimum atomic E-state index is -0.795. The molecule has 0 saturated carbocycles. The minimum absolute atomic E-state index is 0.259. The van der Waals surface area contributed by atoms with Crippen LogP contribution in [0.5, 0.6) is 5.75 Å². The molecular formula is C44H63N3O5S. The van der Waals surface area contributed by atoms with Gasteiger partial charge in [0.2, 0.25) is 0 Å². The SMILES string of the molecule is CCCCCCCCCCCCCCCc1cccc(OC)c1C1C(C(=O)OC(C)C)=C(C)NC(Cn2c(=S)[nH]c3ccccc32)=C1C(=O)OC(C)C. The van der Waals surface area contributed by atoms with E-state index in [1.54, 1.807) is 7.11 Å². The van der Waals surface area contributed by atoms with Crippen molar-refractivity contribution in [2.75, 3.05) is 7.11 Å². The first-order chi connectivity index (χ1) is 25.6. The van der Waals surface area contributed by atoms with Crippen LogP contribution in [-0.4, -0.2) is 40.8 Å². The van der Waals surface area contributed by atoms with Crippen molar-refractivity contribution in [1.82, 2.24) is 14.9 Å². The third-order valence-electron chi connectivity index (χ3n) is 9.98. The highest BCUT2D eigenvalue weighted by Crippen LogP contribution is 2.45. The number of aromatic nitrogens is 2. The Morgan fingerprint density at radius 2 is 1.34 bits per heavy atom. The molecule has 2 N–H and O–H groups in total. The predicted molar refractivity (Wildman–Crippen MR) is 218 cm³/mol. The maximum atomic E-state index is 14.4. The van der Waals surface area contributed by atoms with Crippen LogP contribution >= 0.6 is 12.2 Å². The van der Waals surface area contributed by atoms with Crippen LogP contribution in [0.1, 0.15) is 142 Å². The number of unbranched alkanes of at least 4 members (excludes halogenated alkanes) is 12. The van der Waals surface area contributed by atoms with Gasteiger partial charge in [0, 0.05) is 17.0 Å². The Hall–Kier alpha value is -3.85. The number of benzene rings is 2. The van der Waals surface area contributed by atoms with Gasteiger partial charge in [-0.3, -0.25) is 0 Å². The van der Waals surface area contributed by atoms with Crippen molar-refractivity contribution in [2.45, 2.75) is 156 Å². The molecule has 0 amide bonds. The molecule has 8 nitrogen and oxygen atoms in total. The normalized spacial score (nSPS) is 14.7. The zero-order chi connectivity index (χ0) is 38.3. The number of carbonyl (C=O) groups is 2. The van der Waals surface area contributed by atoms with Gasteiger partial charge in [0.15, 0.2) is 4.77 Å². The van der Waals surface area contributed by atoms with Crippen LogP contribution in [0.3, 0.4) is 0 Å². The Kier molecular flexibility index (Phi) is 16.7. The van der Waals surface area contributed by atoms with Gasteiger partial charge >= 0.3 is 11.9 Å². The maximum Gasteiger partial charge on any atom is 0.337 e. The number of nitrogens with zero attached hydrogens (tertiary/aromatic N) is 1. The molecule has 2 aromatic carbocycles. The zero-order valence-corrected chi connectivity index (χ0v) is 34.1. The van der Waals surface area contributed by atoms with Crippen molar-refractivity contribution in [3.63, 3.8) is 0 Å². The second-order valence-corrected chi connectivity index (χ2v) is 15.3. The van der Waals surface area contributed by atoms with Gasteiger partial charge in [-0.25, -0.2) is 9.59 Å². The van der Waals surface area contributed by atoms with Crippen molar-refractivity contribution in [3.8, 4) is 5.75 Å². The first-order valence-corrected chi connectivity index (χ1v) is 20.4. The number of hydrogen-bond acceptors (Lipinski definition) is 7. The number of para-hydroxylation sites is 2. The summed E-state index contributed by atoms with van der Waals surface area (Å²) < 4.78 is 20.3. The number of hydrogen-bond donors (Lipinski definition) is 2. The number of carbonyl (C=O) groups excluding carboxylic acids is 2. The van der Waals surface area contributed by atoms with E-state index in [1.807, 2.05) is 75.6 Å². The van der Waals surface area contributed by atoms with E-state index in [0.29, 0.717) is 33.1 Å². The van der Waals surface area contributed by atoms with E-state index < -0.39 is 17.9 Å². The fraction of sp³-hybridized carbons (Fsp3) is 0.568. The van der Waals surface area contributed by atoms with Crippen LogP contribution in [0, 0.1) is 4.77 Å². The quantitative estimate of drug-likeness (QED) is 0.0600. The number of imidazole rings is 1. The molecule has 1 aromatic heterocycles. The van der Waals surface area contributed by atoms with E-state index in [0.717, 1.165) is 41.4 Å². The molecule has 1 aliphatic heterocycles. The van der Waals surface area contributed by atoms with Gasteiger partial charge < -0.3 is 29.1 Å². The predicted octanol–water partition coefficient (Wildman–Crippen LogP) is 11.2. The molecule has 0 saturated heterocycles. The molecule has 2 heterocycles. The third kappa shape index (κ3) is 11.6. The molecule has 1 aliphatic rings. The Morgan fingerprint density at radius 1 is 0.774 bits per heavy atom. The highest BCUT2D eigenvalue weighted by atomic mass is 32.1. The van der Waals surface area contributed by atoms with Gasteiger partial charge in [0.25, 0.3) is 0 Å². The number of fused-ring (bicyclic) bond motifs is 1. The first kappa shape index (κ1) is 41.9. The molecule has 1 unspecified atom stereocenters. The number of aryl methyl sites for hydroxylation is 1. The molecule has 0 fully saturated rings. The number of nitrogens with one attached hydrogen (secondary N) is 2. The summed E-state index contributed by atoms with van der Waals surface area (Å²) in [7, 11) is 1.64. The summed E-state index contributed by atoms with van der Waals surface area (Å²) in [4.78, 5) is 31.8. The molecule has 53 heavy (non-hydrogen) atoms. The summed E-state index contributed by atoms with van der Waals surface area (Å²) >= 11 is 5.78. The van der Waals surface area contributed by atoms with Crippen LogP contribution in [0.15, 0.2) is 65.0 Å². The fourth-order valence-corrected chi connectivity index (χ4v) is 7.72. The summed E-state index contributed by atoms with van der Waals surface area (Å²) in [5.74, 6) is -1.16. The number of rotatable bonds is 22. The summed E-state index contributed by atoms with van der Waals surface area (Å²) in [6, 6.07) is 13.9. The highest BCUT2D eigenvalue weighted by Gasteiger charge is 2.42. The number of esters is 2. The Labute approximate surface area is 322 Å². The van der Waals surface area contributed by atoms with Gasteiger partial charge in [-0.05, 0) is 83.4 Å². The second kappa shape index (κ2) is 21.1. The Balaban J connectivity index is 1.67. The molecule has 1 atom stereocenters. The number of methoxy groups -OCH3 is 1. The van der Waals surface area contributed by atoms with Crippen molar-refractivity contribution in [1.29, 1.82) is 0 Å². The number of allylic oxidation sites excluding steroid dienone is 2. The summed E-state index contributed by atoms with van der Waals surface area (Å²) in [6.07, 6.45) is 16.7. The lowest BCUT2D eigenvalue weighted by molar-refractivity contribution is -0.143. The Bertz CT molecular complexity index is 1780. The van der Waals surface area contributed by atoms with Crippen LogP contribution in [0.25, 0.3) is 11.0 Å². The highest BCUT2D eigenvalue weighted by molar-refractivity contribution is 7.71. The molecule has 3 aromatic rings. The standard InChI is InChI=1S/C44H63N3O5S/c1-8-9-10-11-12-13-14-15-16-17-18-19-20-24-33-25-23-28-37(50-7)39(33)41-38(42(48)51-30(2)3)32(6)45-35(40(41)43(49)52-31(4)5)29-47-36-27-22-21-26-34(36)46-44(47)53/h21-23,25-28,30-31,41,45H,8-20,24,29H2,1-7H3,(H,46,53). The molecule has 9 heteroatoms. The van der Waals surface area contributed by atoms with Crippen molar-refractivity contribution in [3.05, 3.63) is 80.9 Å². The third-order valence-corrected chi connectivity index (χ3v) is 10.3. The van der Waals surface area contributed by atoms with E-state index in [1.165, 1.54) is 70.6 Å².